The monoisotopic (exact) mass is 444 g/mol. The summed E-state index contributed by atoms with van der Waals surface area (Å²) in [4.78, 5) is 17.7. The Morgan fingerprint density at radius 3 is 2.03 bits per heavy atom. The van der Waals surface area contributed by atoms with E-state index in [9.17, 15) is 4.79 Å². The number of carbonyl (C=O) groups is 1. The Bertz CT molecular complexity index is 1010. The van der Waals surface area contributed by atoms with Crippen LogP contribution in [0.3, 0.4) is 0 Å². The third-order valence-electron chi connectivity index (χ3n) is 6.47. The van der Waals surface area contributed by atoms with E-state index in [0.29, 0.717) is 13.1 Å². The minimum absolute atomic E-state index is 0.0818. The van der Waals surface area contributed by atoms with Crippen LogP contribution < -0.4 is 9.47 Å². The van der Waals surface area contributed by atoms with E-state index < -0.39 is 0 Å². The molecule has 5 heteroatoms. The van der Waals surface area contributed by atoms with E-state index in [1.54, 1.807) is 14.2 Å². The van der Waals surface area contributed by atoms with Gasteiger partial charge >= 0.3 is 0 Å². The van der Waals surface area contributed by atoms with Crippen LogP contribution in [0.5, 0.6) is 11.5 Å². The molecule has 1 fully saturated rings. The summed E-state index contributed by atoms with van der Waals surface area (Å²) >= 11 is 0. The van der Waals surface area contributed by atoms with Crippen LogP contribution in [0.1, 0.15) is 23.6 Å². The number of hydrogen-bond acceptors (Lipinski definition) is 4. The molecule has 0 aliphatic carbocycles. The average Bonchev–Trinajstić information content (AvgIpc) is 3.13. The van der Waals surface area contributed by atoms with Crippen LogP contribution in [0.2, 0.25) is 0 Å². The summed E-state index contributed by atoms with van der Waals surface area (Å²) in [6, 6.07) is 26.9. The first kappa shape index (κ1) is 22.9. The fraction of sp³-hybridized carbons (Fsp3) is 0.321. The summed E-state index contributed by atoms with van der Waals surface area (Å²) in [6.45, 7) is 4.88. The van der Waals surface area contributed by atoms with Gasteiger partial charge < -0.3 is 14.4 Å². The van der Waals surface area contributed by atoms with Crippen molar-refractivity contribution in [2.24, 2.45) is 5.92 Å². The molecule has 1 aliphatic rings. The fourth-order valence-corrected chi connectivity index (χ4v) is 4.61. The number of nitrogens with zero attached hydrogens (tertiary/aromatic N) is 2. The van der Waals surface area contributed by atoms with Gasteiger partial charge in [0.05, 0.1) is 20.1 Å². The standard InChI is InChI=1S/C28H32N2O3/c1-21-26(20-30(28(21)31)19-24-14-15-25(32-2)16-27(24)33-3)29(17-22-10-6-4-7-11-22)18-23-12-8-5-9-13-23/h4-16,21,26H,17-20H2,1-3H3/t21-,26+/m0/s1. The van der Waals surface area contributed by atoms with Crippen molar-refractivity contribution < 1.29 is 14.3 Å². The highest BCUT2D eigenvalue weighted by molar-refractivity contribution is 5.81. The van der Waals surface area contributed by atoms with Crippen LogP contribution >= 0.6 is 0 Å². The van der Waals surface area contributed by atoms with E-state index >= 15 is 0 Å². The highest BCUT2D eigenvalue weighted by Crippen LogP contribution is 2.31. The number of likely N-dealkylation sites (tertiary alicyclic amines) is 1. The molecule has 0 saturated carbocycles. The summed E-state index contributed by atoms with van der Waals surface area (Å²) in [5.74, 6) is 1.58. The molecular weight excluding hydrogens is 412 g/mol. The topological polar surface area (TPSA) is 42.0 Å². The molecular formula is C28H32N2O3. The lowest BCUT2D eigenvalue weighted by atomic mass is 10.0. The maximum atomic E-state index is 13.3. The summed E-state index contributed by atoms with van der Waals surface area (Å²) < 4.78 is 10.9. The molecule has 172 valence electrons. The normalized spacial score (nSPS) is 18.1. The van der Waals surface area contributed by atoms with Gasteiger partial charge in [-0.25, -0.2) is 0 Å². The van der Waals surface area contributed by atoms with E-state index in [1.807, 2.05) is 35.2 Å². The predicted octanol–water partition coefficient (Wildman–Crippen LogP) is 4.75. The Morgan fingerprint density at radius 2 is 1.48 bits per heavy atom. The van der Waals surface area contributed by atoms with Crippen molar-refractivity contribution in [1.82, 2.24) is 9.80 Å². The van der Waals surface area contributed by atoms with Crippen LogP contribution in [0.4, 0.5) is 0 Å². The number of amides is 1. The second-order valence-corrected chi connectivity index (χ2v) is 8.63. The molecule has 5 nitrogen and oxygen atoms in total. The maximum Gasteiger partial charge on any atom is 0.227 e. The molecule has 1 saturated heterocycles. The molecule has 3 aromatic carbocycles. The largest absolute Gasteiger partial charge is 0.497 e. The summed E-state index contributed by atoms with van der Waals surface area (Å²) in [7, 11) is 3.29. The second-order valence-electron chi connectivity index (χ2n) is 8.63. The smallest absolute Gasteiger partial charge is 0.227 e. The number of rotatable bonds is 9. The van der Waals surface area contributed by atoms with Crippen molar-refractivity contribution in [1.29, 1.82) is 0 Å². The Morgan fingerprint density at radius 1 is 0.879 bits per heavy atom. The van der Waals surface area contributed by atoms with Gasteiger partial charge in [-0.15, -0.1) is 0 Å². The van der Waals surface area contributed by atoms with Crippen molar-refractivity contribution in [2.45, 2.75) is 32.6 Å². The first-order valence-corrected chi connectivity index (χ1v) is 11.4. The second kappa shape index (κ2) is 10.5. The Labute approximate surface area is 196 Å². The van der Waals surface area contributed by atoms with E-state index in [-0.39, 0.29) is 17.9 Å². The highest BCUT2D eigenvalue weighted by Gasteiger charge is 2.40. The van der Waals surface area contributed by atoms with Gasteiger partial charge in [-0.3, -0.25) is 9.69 Å². The molecule has 0 spiro atoms. The van der Waals surface area contributed by atoms with Crippen LogP contribution in [0, 0.1) is 5.92 Å². The molecule has 1 amide bonds. The van der Waals surface area contributed by atoms with Crippen molar-refractivity contribution in [3.63, 3.8) is 0 Å². The Balaban J connectivity index is 1.55. The molecule has 0 N–H and O–H groups in total. The number of methoxy groups -OCH3 is 2. The minimum atomic E-state index is -0.0818. The molecule has 33 heavy (non-hydrogen) atoms. The predicted molar refractivity (Wildman–Crippen MR) is 130 cm³/mol. The quantitative estimate of drug-likeness (QED) is 0.478. The molecule has 0 radical (unpaired) electrons. The third-order valence-corrected chi connectivity index (χ3v) is 6.47. The summed E-state index contributed by atoms with van der Waals surface area (Å²) in [5.41, 5.74) is 3.49. The highest BCUT2D eigenvalue weighted by atomic mass is 16.5. The number of benzene rings is 3. The number of carbonyl (C=O) groups excluding carboxylic acids is 1. The Hall–Kier alpha value is -3.31. The third kappa shape index (κ3) is 5.37. The van der Waals surface area contributed by atoms with Crippen LogP contribution in [0.15, 0.2) is 78.9 Å². The molecule has 0 aromatic heterocycles. The average molecular weight is 445 g/mol. The minimum Gasteiger partial charge on any atom is -0.497 e. The molecule has 4 rings (SSSR count). The van der Waals surface area contributed by atoms with E-state index in [1.165, 1.54) is 11.1 Å². The van der Waals surface area contributed by atoms with Gasteiger partial charge in [-0.05, 0) is 23.3 Å². The van der Waals surface area contributed by atoms with Gasteiger partial charge in [-0.2, -0.15) is 0 Å². The molecule has 3 aromatic rings. The lowest BCUT2D eigenvalue weighted by molar-refractivity contribution is -0.131. The fourth-order valence-electron chi connectivity index (χ4n) is 4.61. The van der Waals surface area contributed by atoms with Crippen molar-refractivity contribution in [2.75, 3.05) is 20.8 Å². The van der Waals surface area contributed by atoms with Gasteiger partial charge in [0.1, 0.15) is 11.5 Å². The number of hydrogen-bond donors (Lipinski definition) is 0. The van der Waals surface area contributed by atoms with Gasteiger partial charge in [-0.1, -0.05) is 67.6 Å². The van der Waals surface area contributed by atoms with Crippen molar-refractivity contribution in [3.8, 4) is 11.5 Å². The van der Waals surface area contributed by atoms with Crippen molar-refractivity contribution in [3.05, 3.63) is 95.6 Å². The van der Waals surface area contributed by atoms with Gasteiger partial charge in [0, 0.05) is 43.9 Å². The molecule has 0 unspecified atom stereocenters. The SMILES string of the molecule is COc1ccc(CN2C[C@@H](N(Cc3ccccc3)Cc3ccccc3)[C@H](C)C2=O)c(OC)c1. The molecule has 0 bridgehead atoms. The van der Waals surface area contributed by atoms with Gasteiger partial charge in [0.15, 0.2) is 0 Å². The Kier molecular flexibility index (Phi) is 7.30. The van der Waals surface area contributed by atoms with E-state index in [4.69, 9.17) is 9.47 Å². The van der Waals surface area contributed by atoms with Gasteiger partial charge in [0.25, 0.3) is 0 Å². The van der Waals surface area contributed by atoms with Crippen LogP contribution in [-0.2, 0) is 24.4 Å². The zero-order valence-corrected chi connectivity index (χ0v) is 19.6. The van der Waals surface area contributed by atoms with E-state index in [0.717, 1.165) is 30.2 Å². The number of ether oxygens (including phenoxy) is 2. The van der Waals surface area contributed by atoms with Gasteiger partial charge in [0.2, 0.25) is 5.91 Å². The van der Waals surface area contributed by atoms with E-state index in [2.05, 4.69) is 60.4 Å². The zero-order valence-electron chi connectivity index (χ0n) is 19.6. The summed E-state index contributed by atoms with van der Waals surface area (Å²) in [6.07, 6.45) is 0. The van der Waals surface area contributed by atoms with Crippen LogP contribution in [-0.4, -0.2) is 42.5 Å². The zero-order chi connectivity index (χ0) is 23.2. The molecule has 1 heterocycles. The molecule has 1 aliphatic heterocycles. The maximum absolute atomic E-state index is 13.3. The first-order chi connectivity index (χ1) is 16.1. The summed E-state index contributed by atoms with van der Waals surface area (Å²) in [5, 5.41) is 0. The lowest BCUT2D eigenvalue weighted by Crippen LogP contribution is -2.39. The lowest BCUT2D eigenvalue weighted by Gasteiger charge is -2.31. The molecule has 2 atom stereocenters. The first-order valence-electron chi connectivity index (χ1n) is 11.4. The van der Waals surface area contributed by atoms with Crippen LogP contribution in [0.25, 0.3) is 0 Å². The van der Waals surface area contributed by atoms with Crippen molar-refractivity contribution >= 4 is 5.91 Å².